The minimum atomic E-state index is 0.609. The number of hydrogen-bond acceptors (Lipinski definition) is 3. The molecule has 3 aromatic rings. The van der Waals surface area contributed by atoms with Gasteiger partial charge in [0.1, 0.15) is 0 Å². The van der Waals surface area contributed by atoms with Crippen molar-refractivity contribution in [2.75, 3.05) is 5.32 Å². The predicted octanol–water partition coefficient (Wildman–Crippen LogP) is 4.50. The van der Waals surface area contributed by atoms with Gasteiger partial charge in [-0.05, 0) is 44.2 Å². The van der Waals surface area contributed by atoms with Gasteiger partial charge in [-0.3, -0.25) is 0 Å². The zero-order valence-corrected chi connectivity index (χ0v) is 12.2. The van der Waals surface area contributed by atoms with E-state index in [-0.39, 0.29) is 0 Å². The molecule has 0 aliphatic heterocycles. The Kier molecular flexibility index (Phi) is 3.65. The number of hydrogen-bond donors (Lipinski definition) is 1. The van der Waals surface area contributed by atoms with Crippen LogP contribution in [0, 0.1) is 13.8 Å². The highest BCUT2D eigenvalue weighted by atomic mass is 15.1. The van der Waals surface area contributed by atoms with Gasteiger partial charge in [-0.25, -0.2) is 9.97 Å². The van der Waals surface area contributed by atoms with E-state index >= 15 is 0 Å². The summed E-state index contributed by atoms with van der Waals surface area (Å²) in [6.07, 6.45) is 1.78. The lowest BCUT2D eigenvalue weighted by atomic mass is 10.1. The highest BCUT2D eigenvalue weighted by molar-refractivity contribution is 5.63. The first-order chi connectivity index (χ1) is 10.2. The van der Waals surface area contributed by atoms with Gasteiger partial charge >= 0.3 is 0 Å². The smallest absolute Gasteiger partial charge is 0.227 e. The number of nitrogens with one attached hydrogen (secondary N) is 1. The van der Waals surface area contributed by atoms with Crippen molar-refractivity contribution in [2.45, 2.75) is 13.8 Å². The quantitative estimate of drug-likeness (QED) is 0.764. The van der Waals surface area contributed by atoms with E-state index in [2.05, 4.69) is 47.3 Å². The van der Waals surface area contributed by atoms with Crippen LogP contribution >= 0.6 is 0 Å². The van der Waals surface area contributed by atoms with E-state index in [1.165, 1.54) is 11.1 Å². The Balaban J connectivity index is 1.93. The summed E-state index contributed by atoms with van der Waals surface area (Å²) in [5.41, 5.74) is 5.50. The van der Waals surface area contributed by atoms with Crippen LogP contribution in [-0.4, -0.2) is 9.97 Å². The number of anilines is 2. The van der Waals surface area contributed by atoms with E-state index in [1.807, 2.05) is 36.4 Å². The fourth-order valence-electron chi connectivity index (χ4n) is 2.35. The minimum Gasteiger partial charge on any atom is -0.324 e. The third kappa shape index (κ3) is 3.26. The topological polar surface area (TPSA) is 37.8 Å². The molecule has 2 aromatic carbocycles. The Morgan fingerprint density at radius 1 is 0.857 bits per heavy atom. The fraction of sp³-hybridized carbons (Fsp3) is 0.111. The lowest BCUT2D eigenvalue weighted by Gasteiger charge is -2.08. The van der Waals surface area contributed by atoms with Gasteiger partial charge in [-0.1, -0.05) is 35.4 Å². The maximum Gasteiger partial charge on any atom is 0.227 e. The van der Waals surface area contributed by atoms with Crippen molar-refractivity contribution in [1.29, 1.82) is 0 Å². The average molecular weight is 275 g/mol. The summed E-state index contributed by atoms with van der Waals surface area (Å²) in [6.45, 7) is 4.20. The van der Waals surface area contributed by atoms with E-state index in [1.54, 1.807) is 6.20 Å². The number of benzene rings is 2. The predicted molar refractivity (Wildman–Crippen MR) is 86.7 cm³/mol. The van der Waals surface area contributed by atoms with E-state index in [0.717, 1.165) is 16.9 Å². The van der Waals surface area contributed by atoms with Crippen LogP contribution in [0.4, 0.5) is 11.6 Å². The number of aromatic nitrogens is 2. The molecular weight excluding hydrogens is 258 g/mol. The molecule has 0 saturated carbocycles. The zero-order valence-electron chi connectivity index (χ0n) is 12.2. The highest BCUT2D eigenvalue weighted by Crippen LogP contribution is 2.21. The molecule has 0 amide bonds. The summed E-state index contributed by atoms with van der Waals surface area (Å²) >= 11 is 0. The lowest BCUT2D eigenvalue weighted by molar-refractivity contribution is 1.17. The van der Waals surface area contributed by atoms with Gasteiger partial charge in [0.2, 0.25) is 5.95 Å². The van der Waals surface area contributed by atoms with E-state index in [4.69, 9.17) is 0 Å². The molecular formula is C18H17N3. The summed E-state index contributed by atoms with van der Waals surface area (Å²) in [6, 6.07) is 18.3. The van der Waals surface area contributed by atoms with Crippen LogP contribution in [0.5, 0.6) is 0 Å². The molecule has 0 bridgehead atoms. The second kappa shape index (κ2) is 5.75. The zero-order chi connectivity index (χ0) is 14.7. The molecule has 1 heterocycles. The standard InChI is InChI=1S/C18H17N3/c1-13-10-14(2)12-15(11-13)17-8-9-19-18(21-17)20-16-6-4-3-5-7-16/h3-12H,1-2H3,(H,19,20,21). The average Bonchev–Trinajstić information content (AvgIpc) is 2.47. The van der Waals surface area contributed by atoms with Crippen LogP contribution in [0.2, 0.25) is 0 Å². The molecule has 1 aromatic heterocycles. The molecule has 21 heavy (non-hydrogen) atoms. The van der Waals surface area contributed by atoms with Gasteiger partial charge in [0.15, 0.2) is 0 Å². The number of aryl methyl sites for hydroxylation is 2. The Hall–Kier alpha value is -2.68. The van der Waals surface area contributed by atoms with E-state index < -0.39 is 0 Å². The van der Waals surface area contributed by atoms with Crippen LogP contribution in [-0.2, 0) is 0 Å². The molecule has 0 saturated heterocycles. The molecule has 0 spiro atoms. The molecule has 104 valence electrons. The van der Waals surface area contributed by atoms with Crippen molar-refractivity contribution in [2.24, 2.45) is 0 Å². The van der Waals surface area contributed by atoms with Crippen molar-refractivity contribution in [1.82, 2.24) is 9.97 Å². The summed E-state index contributed by atoms with van der Waals surface area (Å²) < 4.78 is 0. The van der Waals surface area contributed by atoms with Crippen LogP contribution in [0.25, 0.3) is 11.3 Å². The Bertz CT molecular complexity index is 731. The second-order valence-corrected chi connectivity index (χ2v) is 5.13. The van der Waals surface area contributed by atoms with Crippen LogP contribution in [0.1, 0.15) is 11.1 Å². The van der Waals surface area contributed by atoms with Crippen molar-refractivity contribution in [3.63, 3.8) is 0 Å². The summed E-state index contributed by atoms with van der Waals surface area (Å²) in [7, 11) is 0. The minimum absolute atomic E-state index is 0.609. The first kappa shape index (κ1) is 13.3. The summed E-state index contributed by atoms with van der Waals surface area (Å²) in [5.74, 6) is 0.609. The third-order valence-corrected chi connectivity index (χ3v) is 3.20. The normalized spacial score (nSPS) is 10.4. The Morgan fingerprint density at radius 3 is 2.29 bits per heavy atom. The second-order valence-electron chi connectivity index (χ2n) is 5.13. The molecule has 0 atom stereocenters. The monoisotopic (exact) mass is 275 g/mol. The molecule has 0 aliphatic rings. The summed E-state index contributed by atoms with van der Waals surface area (Å²) in [4.78, 5) is 8.88. The van der Waals surface area contributed by atoms with Gasteiger partial charge < -0.3 is 5.32 Å². The van der Waals surface area contributed by atoms with Gasteiger partial charge in [-0.15, -0.1) is 0 Å². The number of nitrogens with zero attached hydrogens (tertiary/aromatic N) is 2. The highest BCUT2D eigenvalue weighted by Gasteiger charge is 2.04. The fourth-order valence-corrected chi connectivity index (χ4v) is 2.35. The van der Waals surface area contributed by atoms with Crippen LogP contribution in [0.3, 0.4) is 0 Å². The summed E-state index contributed by atoms with van der Waals surface area (Å²) in [5, 5.41) is 3.22. The number of para-hydroxylation sites is 1. The SMILES string of the molecule is Cc1cc(C)cc(-c2ccnc(Nc3ccccc3)n2)c1. The van der Waals surface area contributed by atoms with Crippen LogP contribution < -0.4 is 5.32 Å². The molecule has 0 aliphatic carbocycles. The van der Waals surface area contributed by atoms with Gasteiger partial charge in [-0.2, -0.15) is 0 Å². The maximum absolute atomic E-state index is 4.60. The molecule has 1 N–H and O–H groups in total. The lowest BCUT2D eigenvalue weighted by Crippen LogP contribution is -1.97. The molecule has 3 heteroatoms. The molecule has 0 radical (unpaired) electrons. The van der Waals surface area contributed by atoms with Crippen molar-refractivity contribution in [3.8, 4) is 11.3 Å². The molecule has 3 rings (SSSR count). The van der Waals surface area contributed by atoms with Crippen LogP contribution in [0.15, 0.2) is 60.8 Å². The largest absolute Gasteiger partial charge is 0.324 e. The van der Waals surface area contributed by atoms with E-state index in [9.17, 15) is 0 Å². The van der Waals surface area contributed by atoms with Gasteiger partial charge in [0.05, 0.1) is 5.69 Å². The Morgan fingerprint density at radius 2 is 1.57 bits per heavy atom. The molecule has 0 unspecified atom stereocenters. The molecule has 3 nitrogen and oxygen atoms in total. The Labute approximate surface area is 124 Å². The number of rotatable bonds is 3. The van der Waals surface area contributed by atoms with Crippen molar-refractivity contribution in [3.05, 3.63) is 71.9 Å². The molecule has 0 fully saturated rings. The van der Waals surface area contributed by atoms with Crippen molar-refractivity contribution < 1.29 is 0 Å². The maximum atomic E-state index is 4.60. The van der Waals surface area contributed by atoms with Gasteiger partial charge in [0.25, 0.3) is 0 Å². The van der Waals surface area contributed by atoms with Gasteiger partial charge in [0, 0.05) is 17.4 Å². The third-order valence-electron chi connectivity index (χ3n) is 3.20. The first-order valence-corrected chi connectivity index (χ1v) is 6.94. The van der Waals surface area contributed by atoms with E-state index in [0.29, 0.717) is 5.95 Å². The first-order valence-electron chi connectivity index (χ1n) is 6.94. The van der Waals surface area contributed by atoms with Crippen molar-refractivity contribution >= 4 is 11.6 Å².